The average Bonchev–Trinajstić information content (AvgIpc) is 2.42. The van der Waals surface area contributed by atoms with Gasteiger partial charge in [0.1, 0.15) is 0 Å². The Balaban J connectivity index is 2.33. The number of ether oxygens (including phenoxy) is 1. The Morgan fingerprint density at radius 1 is 1.32 bits per heavy atom. The third-order valence-electron chi connectivity index (χ3n) is 3.03. The molecule has 0 heterocycles. The van der Waals surface area contributed by atoms with Crippen molar-refractivity contribution in [2.45, 2.75) is 38.7 Å². The molecule has 1 aromatic rings. The zero-order valence-corrected chi connectivity index (χ0v) is 11.8. The number of esters is 1. The van der Waals surface area contributed by atoms with E-state index in [4.69, 9.17) is 0 Å². The highest BCUT2D eigenvalue weighted by atomic mass is 16.5. The summed E-state index contributed by atoms with van der Waals surface area (Å²) in [6, 6.07) is 8.16. The molecule has 2 N–H and O–H groups in total. The van der Waals surface area contributed by atoms with Crippen LogP contribution in [0.1, 0.15) is 38.2 Å². The van der Waals surface area contributed by atoms with Crippen LogP contribution in [0.25, 0.3) is 0 Å². The Bertz CT molecular complexity index is 387. The highest BCUT2D eigenvalue weighted by molar-refractivity contribution is 5.69. The van der Waals surface area contributed by atoms with E-state index in [1.807, 2.05) is 12.1 Å². The molecule has 0 aromatic heterocycles. The average molecular weight is 265 g/mol. The van der Waals surface area contributed by atoms with Gasteiger partial charge >= 0.3 is 5.97 Å². The Labute approximate surface area is 114 Å². The zero-order chi connectivity index (χ0) is 14.3. The molecule has 1 rings (SSSR count). The number of carbonyl (C=O) groups excluding carboxylic acids is 1. The number of aliphatic hydroxyl groups excluding tert-OH is 1. The highest BCUT2D eigenvalue weighted by Gasteiger charge is 2.08. The first-order valence-electron chi connectivity index (χ1n) is 6.61. The minimum atomic E-state index is -0.552. The van der Waals surface area contributed by atoms with Gasteiger partial charge in [-0.25, -0.2) is 0 Å². The molecule has 0 aliphatic rings. The molecular weight excluding hydrogens is 242 g/mol. The summed E-state index contributed by atoms with van der Waals surface area (Å²) >= 11 is 0. The normalized spacial score (nSPS) is 12.3. The largest absolute Gasteiger partial charge is 0.469 e. The third kappa shape index (κ3) is 5.75. The van der Waals surface area contributed by atoms with E-state index >= 15 is 0 Å². The maximum atomic E-state index is 10.9. The van der Waals surface area contributed by atoms with Crippen molar-refractivity contribution < 1.29 is 14.6 Å². The summed E-state index contributed by atoms with van der Waals surface area (Å²) in [4.78, 5) is 10.9. The maximum Gasteiger partial charge on any atom is 0.305 e. The summed E-state index contributed by atoms with van der Waals surface area (Å²) in [5.41, 5.74) is 2.26. The lowest BCUT2D eigenvalue weighted by Crippen LogP contribution is -2.20. The molecule has 0 saturated heterocycles. The summed E-state index contributed by atoms with van der Waals surface area (Å²) in [7, 11) is 1.35. The number of benzene rings is 1. The summed E-state index contributed by atoms with van der Waals surface area (Å²) < 4.78 is 4.53. The summed E-state index contributed by atoms with van der Waals surface area (Å²) in [5, 5.41) is 12.9. The monoisotopic (exact) mass is 265 g/mol. The third-order valence-corrected chi connectivity index (χ3v) is 3.03. The predicted octanol–water partition coefficient (Wildman–Crippen LogP) is 2.54. The number of hydrogen-bond acceptors (Lipinski definition) is 4. The Morgan fingerprint density at radius 2 is 1.95 bits per heavy atom. The van der Waals surface area contributed by atoms with E-state index in [1.165, 1.54) is 12.7 Å². The molecule has 1 unspecified atom stereocenters. The van der Waals surface area contributed by atoms with Crippen molar-refractivity contribution in [2.75, 3.05) is 19.0 Å². The first-order valence-corrected chi connectivity index (χ1v) is 6.61. The first kappa shape index (κ1) is 15.5. The van der Waals surface area contributed by atoms with Crippen molar-refractivity contribution in [1.29, 1.82) is 0 Å². The quantitative estimate of drug-likeness (QED) is 0.744. The van der Waals surface area contributed by atoms with Gasteiger partial charge in [0.25, 0.3) is 0 Å². The molecule has 0 aliphatic carbocycles. The van der Waals surface area contributed by atoms with Crippen LogP contribution in [0.4, 0.5) is 5.69 Å². The van der Waals surface area contributed by atoms with E-state index in [0.717, 1.165) is 5.69 Å². The van der Waals surface area contributed by atoms with Crippen LogP contribution in [0.3, 0.4) is 0 Å². The van der Waals surface area contributed by atoms with Crippen LogP contribution in [0, 0.1) is 0 Å². The summed E-state index contributed by atoms with van der Waals surface area (Å²) in [6.07, 6.45) is 0.0962. The number of anilines is 1. The second kappa shape index (κ2) is 7.79. The van der Waals surface area contributed by atoms with Crippen molar-refractivity contribution in [3.8, 4) is 0 Å². The maximum absolute atomic E-state index is 10.9. The second-order valence-corrected chi connectivity index (χ2v) is 4.93. The molecule has 0 fully saturated rings. The fraction of sp³-hybridized carbons (Fsp3) is 0.533. The van der Waals surface area contributed by atoms with Crippen molar-refractivity contribution >= 4 is 11.7 Å². The topological polar surface area (TPSA) is 58.6 Å². The van der Waals surface area contributed by atoms with Gasteiger partial charge in [-0.15, -0.1) is 0 Å². The van der Waals surface area contributed by atoms with Gasteiger partial charge < -0.3 is 15.2 Å². The van der Waals surface area contributed by atoms with Gasteiger partial charge in [-0.3, -0.25) is 4.79 Å². The minimum absolute atomic E-state index is 0.242. The standard InChI is InChI=1S/C15H23NO3/c1-11(2)12-4-6-13(7-5-12)16-10-14(17)8-9-15(18)19-3/h4-7,11,14,16-17H,8-10H2,1-3H3. The highest BCUT2D eigenvalue weighted by Crippen LogP contribution is 2.17. The predicted molar refractivity (Wildman–Crippen MR) is 76.3 cm³/mol. The SMILES string of the molecule is COC(=O)CCC(O)CNc1ccc(C(C)C)cc1. The molecule has 1 aromatic carbocycles. The molecule has 4 heteroatoms. The van der Waals surface area contributed by atoms with Gasteiger partial charge in [-0.05, 0) is 30.0 Å². The van der Waals surface area contributed by atoms with Crippen LogP contribution in [0.5, 0.6) is 0 Å². The van der Waals surface area contributed by atoms with E-state index < -0.39 is 6.10 Å². The smallest absolute Gasteiger partial charge is 0.305 e. The number of methoxy groups -OCH3 is 1. The minimum Gasteiger partial charge on any atom is -0.469 e. The van der Waals surface area contributed by atoms with Crippen LogP contribution in [0.15, 0.2) is 24.3 Å². The van der Waals surface area contributed by atoms with Gasteiger partial charge in [0, 0.05) is 18.7 Å². The summed E-state index contributed by atoms with van der Waals surface area (Å²) in [6.45, 7) is 4.73. The molecule has 0 spiro atoms. The van der Waals surface area contributed by atoms with Crippen LogP contribution in [0.2, 0.25) is 0 Å². The number of aliphatic hydroxyl groups is 1. The number of carbonyl (C=O) groups is 1. The van der Waals surface area contributed by atoms with E-state index in [9.17, 15) is 9.90 Å². The van der Waals surface area contributed by atoms with E-state index in [-0.39, 0.29) is 12.4 Å². The Hall–Kier alpha value is -1.55. The van der Waals surface area contributed by atoms with Crippen LogP contribution in [-0.2, 0) is 9.53 Å². The van der Waals surface area contributed by atoms with Gasteiger partial charge in [-0.1, -0.05) is 26.0 Å². The molecule has 106 valence electrons. The van der Waals surface area contributed by atoms with E-state index in [2.05, 4.69) is 36.0 Å². The van der Waals surface area contributed by atoms with Crippen molar-refractivity contribution in [3.63, 3.8) is 0 Å². The van der Waals surface area contributed by atoms with Crippen LogP contribution < -0.4 is 5.32 Å². The Morgan fingerprint density at radius 3 is 2.47 bits per heavy atom. The summed E-state index contributed by atoms with van der Waals surface area (Å²) in [5.74, 6) is 0.222. The van der Waals surface area contributed by atoms with Crippen LogP contribution >= 0.6 is 0 Å². The number of hydrogen-bond donors (Lipinski definition) is 2. The molecule has 0 saturated carbocycles. The first-order chi connectivity index (χ1) is 9.02. The molecule has 0 amide bonds. The lowest BCUT2D eigenvalue weighted by molar-refractivity contribution is -0.141. The van der Waals surface area contributed by atoms with Gasteiger partial charge in [-0.2, -0.15) is 0 Å². The molecule has 1 atom stereocenters. The molecule has 0 bridgehead atoms. The molecular formula is C15H23NO3. The number of nitrogens with one attached hydrogen (secondary N) is 1. The van der Waals surface area contributed by atoms with Gasteiger partial charge in [0.05, 0.1) is 13.2 Å². The van der Waals surface area contributed by atoms with Crippen molar-refractivity contribution in [1.82, 2.24) is 0 Å². The second-order valence-electron chi connectivity index (χ2n) is 4.93. The van der Waals surface area contributed by atoms with Gasteiger partial charge in [0.15, 0.2) is 0 Å². The lowest BCUT2D eigenvalue weighted by Gasteiger charge is -2.13. The van der Waals surface area contributed by atoms with Crippen molar-refractivity contribution in [3.05, 3.63) is 29.8 Å². The fourth-order valence-electron chi connectivity index (χ4n) is 1.71. The van der Waals surface area contributed by atoms with Gasteiger partial charge in [0.2, 0.25) is 0 Å². The zero-order valence-electron chi connectivity index (χ0n) is 11.8. The lowest BCUT2D eigenvalue weighted by atomic mass is 10.0. The van der Waals surface area contributed by atoms with Crippen LogP contribution in [-0.4, -0.2) is 30.8 Å². The molecule has 19 heavy (non-hydrogen) atoms. The molecule has 4 nitrogen and oxygen atoms in total. The Kier molecular flexibility index (Phi) is 6.36. The molecule has 0 aliphatic heterocycles. The number of rotatable bonds is 7. The van der Waals surface area contributed by atoms with E-state index in [0.29, 0.717) is 18.9 Å². The molecule has 0 radical (unpaired) electrons. The fourth-order valence-corrected chi connectivity index (χ4v) is 1.71. The van der Waals surface area contributed by atoms with E-state index in [1.54, 1.807) is 0 Å². The van der Waals surface area contributed by atoms with Crippen molar-refractivity contribution in [2.24, 2.45) is 0 Å².